The Balaban J connectivity index is 1.94. The maximum atomic E-state index is 13.6. The molecule has 2 rings (SSSR count). The van der Waals surface area contributed by atoms with Gasteiger partial charge in [0.1, 0.15) is 11.6 Å². The van der Waals surface area contributed by atoms with Gasteiger partial charge in [0.05, 0.1) is 11.3 Å². The van der Waals surface area contributed by atoms with E-state index in [1.807, 2.05) is 0 Å². The van der Waals surface area contributed by atoms with Gasteiger partial charge in [-0.25, -0.2) is 13.6 Å². The van der Waals surface area contributed by atoms with Crippen molar-refractivity contribution in [3.05, 3.63) is 29.3 Å². The van der Waals surface area contributed by atoms with Crippen molar-refractivity contribution in [3.63, 3.8) is 0 Å². The normalized spacial score (nSPS) is 16.1. The van der Waals surface area contributed by atoms with Gasteiger partial charge in [-0.1, -0.05) is 32.1 Å². The van der Waals surface area contributed by atoms with Gasteiger partial charge in [-0.05, 0) is 18.4 Å². The second-order valence-corrected chi connectivity index (χ2v) is 5.34. The third kappa shape index (κ3) is 3.68. The molecule has 0 aromatic heterocycles. The lowest BCUT2D eigenvalue weighted by molar-refractivity contribution is 0.0692. The Labute approximate surface area is 117 Å². The average Bonchev–Trinajstić information content (AvgIpc) is 2.42. The van der Waals surface area contributed by atoms with E-state index in [1.54, 1.807) is 0 Å². The highest BCUT2D eigenvalue weighted by atomic mass is 19.1. The minimum Gasteiger partial charge on any atom is -0.478 e. The first-order chi connectivity index (χ1) is 9.58. The Kier molecular flexibility index (Phi) is 4.93. The number of hydrogen-bond donors (Lipinski definition) is 2. The first kappa shape index (κ1) is 14.8. The predicted octanol–water partition coefficient (Wildman–Crippen LogP) is 4.05. The summed E-state index contributed by atoms with van der Waals surface area (Å²) in [5.41, 5.74) is -0.453. The second kappa shape index (κ2) is 6.68. The first-order valence-electron chi connectivity index (χ1n) is 7.04. The molecule has 1 aromatic rings. The summed E-state index contributed by atoms with van der Waals surface area (Å²) < 4.78 is 26.8. The van der Waals surface area contributed by atoms with E-state index in [0.717, 1.165) is 12.5 Å². The van der Waals surface area contributed by atoms with Crippen LogP contribution in [-0.4, -0.2) is 17.6 Å². The van der Waals surface area contributed by atoms with Crippen LogP contribution in [-0.2, 0) is 0 Å². The highest BCUT2D eigenvalue weighted by Crippen LogP contribution is 2.26. The molecule has 1 aliphatic carbocycles. The Morgan fingerprint density at radius 3 is 2.55 bits per heavy atom. The van der Waals surface area contributed by atoms with E-state index in [1.165, 1.54) is 32.1 Å². The van der Waals surface area contributed by atoms with Crippen LogP contribution in [0.25, 0.3) is 0 Å². The van der Waals surface area contributed by atoms with E-state index in [2.05, 4.69) is 5.32 Å². The van der Waals surface area contributed by atoms with Crippen LogP contribution in [0.4, 0.5) is 14.5 Å². The van der Waals surface area contributed by atoms with Gasteiger partial charge in [0, 0.05) is 12.6 Å². The zero-order chi connectivity index (χ0) is 14.5. The third-order valence-corrected chi connectivity index (χ3v) is 3.88. The number of carboxylic acids is 1. The molecule has 0 saturated heterocycles. The molecule has 0 heterocycles. The molecule has 1 aromatic carbocycles. The fourth-order valence-electron chi connectivity index (χ4n) is 2.74. The van der Waals surface area contributed by atoms with Crippen molar-refractivity contribution in [2.75, 3.05) is 11.9 Å². The topological polar surface area (TPSA) is 49.3 Å². The molecule has 0 unspecified atom stereocenters. The van der Waals surface area contributed by atoms with E-state index in [9.17, 15) is 13.6 Å². The summed E-state index contributed by atoms with van der Waals surface area (Å²) >= 11 is 0. The molecule has 1 aliphatic rings. The smallest absolute Gasteiger partial charge is 0.338 e. The Morgan fingerprint density at radius 2 is 1.90 bits per heavy atom. The zero-order valence-corrected chi connectivity index (χ0v) is 11.3. The van der Waals surface area contributed by atoms with Crippen LogP contribution >= 0.6 is 0 Å². The lowest BCUT2D eigenvalue weighted by atomic mass is 9.87. The minimum absolute atomic E-state index is 0.0552. The molecule has 0 spiro atoms. The van der Waals surface area contributed by atoms with Crippen LogP contribution in [0.15, 0.2) is 12.1 Å². The van der Waals surface area contributed by atoms with Crippen LogP contribution in [0, 0.1) is 17.6 Å². The standard InChI is InChI=1S/C15H19F2NO2/c16-12-9-13(17)14(8-11(12)15(19)20)18-7-6-10-4-2-1-3-5-10/h8-10,18H,1-7H2,(H,19,20). The Morgan fingerprint density at radius 1 is 1.20 bits per heavy atom. The van der Waals surface area contributed by atoms with Gasteiger partial charge < -0.3 is 10.4 Å². The van der Waals surface area contributed by atoms with Crippen molar-refractivity contribution in [1.29, 1.82) is 0 Å². The van der Waals surface area contributed by atoms with Crippen LogP contribution in [0.2, 0.25) is 0 Å². The largest absolute Gasteiger partial charge is 0.478 e. The number of halogens is 2. The maximum Gasteiger partial charge on any atom is 0.338 e. The number of carbonyl (C=O) groups is 1. The first-order valence-corrected chi connectivity index (χ1v) is 7.04. The van der Waals surface area contributed by atoms with Crippen LogP contribution < -0.4 is 5.32 Å². The van der Waals surface area contributed by atoms with Gasteiger partial charge in [-0.3, -0.25) is 0 Å². The second-order valence-electron chi connectivity index (χ2n) is 5.34. The molecule has 1 saturated carbocycles. The molecule has 2 N–H and O–H groups in total. The number of hydrogen-bond acceptors (Lipinski definition) is 2. The fraction of sp³-hybridized carbons (Fsp3) is 0.533. The maximum absolute atomic E-state index is 13.6. The van der Waals surface area contributed by atoms with Crippen molar-refractivity contribution in [2.24, 2.45) is 5.92 Å². The summed E-state index contributed by atoms with van der Waals surface area (Å²) in [6.45, 7) is 0.576. The summed E-state index contributed by atoms with van der Waals surface area (Å²) in [5.74, 6) is -2.54. The number of nitrogens with one attached hydrogen (secondary N) is 1. The molecule has 3 nitrogen and oxygen atoms in total. The molecule has 1 fully saturated rings. The number of anilines is 1. The van der Waals surface area contributed by atoms with Crippen LogP contribution in [0.1, 0.15) is 48.9 Å². The van der Waals surface area contributed by atoms with Gasteiger partial charge in [0.2, 0.25) is 0 Å². The van der Waals surface area contributed by atoms with E-state index in [4.69, 9.17) is 5.11 Å². The molecule has 0 amide bonds. The van der Waals surface area contributed by atoms with Crippen molar-refractivity contribution in [1.82, 2.24) is 0 Å². The third-order valence-electron chi connectivity index (χ3n) is 3.88. The summed E-state index contributed by atoms with van der Waals surface area (Å²) in [7, 11) is 0. The van der Waals surface area contributed by atoms with Gasteiger partial charge >= 0.3 is 5.97 Å². The molecule has 20 heavy (non-hydrogen) atoms. The summed E-state index contributed by atoms with van der Waals surface area (Å²) in [6.07, 6.45) is 7.12. The van der Waals surface area contributed by atoms with Crippen LogP contribution in [0.3, 0.4) is 0 Å². The van der Waals surface area contributed by atoms with Crippen molar-refractivity contribution in [2.45, 2.75) is 38.5 Å². The molecule has 0 atom stereocenters. The van der Waals surface area contributed by atoms with Gasteiger partial charge in [-0.2, -0.15) is 0 Å². The van der Waals surface area contributed by atoms with Gasteiger partial charge in [0.15, 0.2) is 0 Å². The highest BCUT2D eigenvalue weighted by Gasteiger charge is 2.16. The molecule has 110 valence electrons. The summed E-state index contributed by atoms with van der Waals surface area (Å²) in [4.78, 5) is 10.8. The lowest BCUT2D eigenvalue weighted by Gasteiger charge is -2.21. The van der Waals surface area contributed by atoms with E-state index < -0.39 is 23.2 Å². The predicted molar refractivity (Wildman–Crippen MR) is 73.0 cm³/mol. The SMILES string of the molecule is O=C(O)c1cc(NCCC2CCCCC2)c(F)cc1F. The molecule has 0 radical (unpaired) electrons. The zero-order valence-electron chi connectivity index (χ0n) is 11.3. The number of carboxylic acid groups (broad SMARTS) is 1. The number of aromatic carboxylic acids is 1. The fourth-order valence-corrected chi connectivity index (χ4v) is 2.74. The average molecular weight is 283 g/mol. The molecule has 0 bridgehead atoms. The van der Waals surface area contributed by atoms with Crippen molar-refractivity contribution >= 4 is 11.7 Å². The lowest BCUT2D eigenvalue weighted by Crippen LogP contribution is -2.13. The Bertz CT molecular complexity index is 485. The summed E-state index contributed by atoms with van der Waals surface area (Å²) in [6, 6.07) is 1.64. The Hall–Kier alpha value is -1.65. The number of benzene rings is 1. The van der Waals surface area contributed by atoms with E-state index in [-0.39, 0.29) is 5.69 Å². The minimum atomic E-state index is -1.39. The quantitative estimate of drug-likeness (QED) is 0.857. The summed E-state index contributed by atoms with van der Waals surface area (Å²) in [5, 5.41) is 11.7. The van der Waals surface area contributed by atoms with Crippen molar-refractivity contribution in [3.8, 4) is 0 Å². The monoisotopic (exact) mass is 283 g/mol. The molecule has 0 aliphatic heterocycles. The van der Waals surface area contributed by atoms with E-state index >= 15 is 0 Å². The number of rotatable bonds is 5. The van der Waals surface area contributed by atoms with E-state index in [0.29, 0.717) is 18.5 Å². The molecule has 5 heteroatoms. The highest BCUT2D eigenvalue weighted by molar-refractivity contribution is 5.89. The van der Waals surface area contributed by atoms with Crippen molar-refractivity contribution < 1.29 is 18.7 Å². The molecular weight excluding hydrogens is 264 g/mol. The molecular formula is C15H19F2NO2. The van der Waals surface area contributed by atoms with Crippen LogP contribution in [0.5, 0.6) is 0 Å². The van der Waals surface area contributed by atoms with Gasteiger partial charge in [-0.15, -0.1) is 0 Å². The van der Waals surface area contributed by atoms with Gasteiger partial charge in [0.25, 0.3) is 0 Å².